The first-order valence-electron chi connectivity index (χ1n) is 10.2. The number of imide groups is 1. The number of rotatable bonds is 8. The zero-order chi connectivity index (χ0) is 22.5. The van der Waals surface area contributed by atoms with Gasteiger partial charge in [-0.3, -0.25) is 19.5 Å². The quantitative estimate of drug-likeness (QED) is 0.466. The molecular weight excluding hydrogens is 446 g/mol. The molecule has 2 heterocycles. The summed E-state index contributed by atoms with van der Waals surface area (Å²) in [5.74, 6) is 0.657. The van der Waals surface area contributed by atoms with Gasteiger partial charge in [-0.2, -0.15) is 0 Å². The van der Waals surface area contributed by atoms with E-state index >= 15 is 0 Å². The summed E-state index contributed by atoms with van der Waals surface area (Å²) in [7, 11) is 0. The standard InChI is InChI=1S/C24H22ClN3O3S/c25-22-8-4-18(26)13-21(22)17-2-6-20(7-3-17)31-14-19(28-23(29)15-32-24(28)30)5-1-16-9-11-27-12-10-16/h2-4,6-13,19H,1,5,14-15,26H2. The van der Waals surface area contributed by atoms with E-state index in [0.29, 0.717) is 29.3 Å². The van der Waals surface area contributed by atoms with E-state index in [4.69, 9.17) is 22.1 Å². The fourth-order valence-electron chi connectivity index (χ4n) is 3.57. The third kappa shape index (κ3) is 5.23. The molecule has 1 saturated heterocycles. The molecule has 1 atom stereocenters. The number of hydrogen-bond acceptors (Lipinski definition) is 6. The molecule has 1 aliphatic heterocycles. The van der Waals surface area contributed by atoms with Crippen LogP contribution < -0.4 is 10.5 Å². The Morgan fingerprint density at radius 1 is 1.09 bits per heavy atom. The second-order valence-electron chi connectivity index (χ2n) is 7.44. The van der Waals surface area contributed by atoms with Crippen LogP contribution in [0.5, 0.6) is 5.75 Å². The summed E-state index contributed by atoms with van der Waals surface area (Å²) in [6.07, 6.45) is 4.79. The molecule has 8 heteroatoms. The van der Waals surface area contributed by atoms with Gasteiger partial charge in [0.05, 0.1) is 11.8 Å². The zero-order valence-electron chi connectivity index (χ0n) is 17.2. The first-order valence-corrected chi connectivity index (χ1v) is 11.5. The maximum Gasteiger partial charge on any atom is 0.289 e. The number of carbonyl (C=O) groups is 2. The maximum atomic E-state index is 12.3. The fourth-order valence-corrected chi connectivity index (χ4v) is 4.58. The second kappa shape index (κ2) is 10.1. The highest BCUT2D eigenvalue weighted by Crippen LogP contribution is 2.31. The number of carbonyl (C=O) groups excluding carboxylic acids is 2. The largest absolute Gasteiger partial charge is 0.491 e. The molecule has 1 unspecified atom stereocenters. The van der Waals surface area contributed by atoms with Crippen molar-refractivity contribution in [2.24, 2.45) is 0 Å². The number of aromatic nitrogens is 1. The monoisotopic (exact) mass is 467 g/mol. The lowest BCUT2D eigenvalue weighted by atomic mass is 10.0. The van der Waals surface area contributed by atoms with Gasteiger partial charge in [0.2, 0.25) is 5.91 Å². The molecule has 3 aromatic rings. The van der Waals surface area contributed by atoms with E-state index in [9.17, 15) is 9.59 Å². The second-order valence-corrected chi connectivity index (χ2v) is 8.77. The van der Waals surface area contributed by atoms with Gasteiger partial charge in [-0.15, -0.1) is 0 Å². The molecule has 2 N–H and O–H groups in total. The average molecular weight is 468 g/mol. The van der Waals surface area contributed by atoms with Crippen LogP contribution in [0.4, 0.5) is 10.5 Å². The first-order chi connectivity index (χ1) is 15.5. The third-order valence-electron chi connectivity index (χ3n) is 5.26. The molecule has 0 spiro atoms. The van der Waals surface area contributed by atoms with Crippen molar-refractivity contribution in [1.82, 2.24) is 9.88 Å². The summed E-state index contributed by atoms with van der Waals surface area (Å²) in [5.41, 5.74) is 9.38. The van der Waals surface area contributed by atoms with Crippen molar-refractivity contribution in [3.8, 4) is 16.9 Å². The molecule has 2 aromatic carbocycles. The fraction of sp³-hybridized carbons (Fsp3) is 0.208. The number of thioether (sulfide) groups is 1. The van der Waals surface area contributed by atoms with E-state index in [1.165, 1.54) is 4.90 Å². The number of benzene rings is 2. The van der Waals surface area contributed by atoms with Gasteiger partial charge in [0.25, 0.3) is 5.24 Å². The van der Waals surface area contributed by atoms with E-state index in [0.717, 1.165) is 28.5 Å². The number of amides is 2. The number of ether oxygens (including phenoxy) is 1. The lowest BCUT2D eigenvalue weighted by Gasteiger charge is -2.25. The minimum Gasteiger partial charge on any atom is -0.491 e. The van der Waals surface area contributed by atoms with Gasteiger partial charge in [-0.1, -0.05) is 35.5 Å². The molecule has 1 fully saturated rings. The highest BCUT2D eigenvalue weighted by Gasteiger charge is 2.36. The highest BCUT2D eigenvalue weighted by molar-refractivity contribution is 8.14. The number of nitrogens with zero attached hydrogens (tertiary/aromatic N) is 2. The molecule has 0 saturated carbocycles. The number of hydrogen-bond donors (Lipinski definition) is 1. The van der Waals surface area contributed by atoms with Crippen molar-refractivity contribution in [2.75, 3.05) is 18.1 Å². The van der Waals surface area contributed by atoms with Crippen LogP contribution in [-0.4, -0.2) is 39.4 Å². The van der Waals surface area contributed by atoms with Gasteiger partial charge in [0.1, 0.15) is 12.4 Å². The Morgan fingerprint density at radius 2 is 1.84 bits per heavy atom. The summed E-state index contributed by atoms with van der Waals surface area (Å²) in [6.45, 7) is 0.224. The van der Waals surface area contributed by atoms with Gasteiger partial charge >= 0.3 is 0 Å². The van der Waals surface area contributed by atoms with E-state index in [1.807, 2.05) is 42.5 Å². The predicted molar refractivity (Wildman–Crippen MR) is 128 cm³/mol. The van der Waals surface area contributed by atoms with Gasteiger partial charge in [-0.25, -0.2) is 0 Å². The minimum absolute atomic E-state index is 0.171. The summed E-state index contributed by atoms with van der Waals surface area (Å²) < 4.78 is 5.99. The van der Waals surface area contributed by atoms with Crippen molar-refractivity contribution in [1.29, 1.82) is 0 Å². The van der Waals surface area contributed by atoms with Crippen LogP contribution >= 0.6 is 23.4 Å². The molecule has 0 bridgehead atoms. The molecule has 4 rings (SSSR count). The molecule has 32 heavy (non-hydrogen) atoms. The van der Waals surface area contributed by atoms with Crippen LogP contribution in [0, 0.1) is 0 Å². The van der Waals surface area contributed by atoms with E-state index in [2.05, 4.69) is 4.98 Å². The minimum atomic E-state index is -0.346. The maximum absolute atomic E-state index is 12.3. The average Bonchev–Trinajstić information content (AvgIpc) is 3.15. The van der Waals surface area contributed by atoms with Gasteiger partial charge in [0.15, 0.2) is 0 Å². The highest BCUT2D eigenvalue weighted by atomic mass is 35.5. The summed E-state index contributed by atoms with van der Waals surface area (Å²) in [4.78, 5) is 30.0. The summed E-state index contributed by atoms with van der Waals surface area (Å²) in [5, 5.41) is 0.401. The van der Waals surface area contributed by atoms with E-state index in [1.54, 1.807) is 24.5 Å². The number of pyridine rings is 1. The topological polar surface area (TPSA) is 85.5 Å². The van der Waals surface area contributed by atoms with Gasteiger partial charge < -0.3 is 10.5 Å². The zero-order valence-corrected chi connectivity index (χ0v) is 18.8. The first kappa shape index (κ1) is 22.2. The molecule has 1 aliphatic rings. The Bertz CT molecular complexity index is 1090. The molecule has 0 aliphatic carbocycles. The SMILES string of the molecule is Nc1ccc(Cl)c(-c2ccc(OCC(CCc3ccncc3)N3C(=O)CSC3=O)cc2)c1. The number of nitrogen functional groups attached to an aromatic ring is 1. The van der Waals surface area contributed by atoms with E-state index < -0.39 is 0 Å². The Kier molecular flexibility index (Phi) is 6.97. The Morgan fingerprint density at radius 3 is 2.53 bits per heavy atom. The third-order valence-corrected chi connectivity index (χ3v) is 6.43. The Hall–Kier alpha value is -3.03. The molecule has 1 aromatic heterocycles. The smallest absolute Gasteiger partial charge is 0.289 e. The van der Waals surface area contributed by atoms with Crippen LogP contribution in [0.15, 0.2) is 67.0 Å². The molecule has 0 radical (unpaired) electrons. The van der Waals surface area contributed by atoms with Crippen molar-refractivity contribution in [3.63, 3.8) is 0 Å². The number of aryl methyl sites for hydroxylation is 1. The number of nitrogens with two attached hydrogens (primary N) is 1. The Labute approximate surface area is 195 Å². The van der Waals surface area contributed by atoms with Crippen LogP contribution in [0.2, 0.25) is 5.02 Å². The van der Waals surface area contributed by atoms with Gasteiger partial charge in [-0.05, 0) is 66.4 Å². The molecule has 164 valence electrons. The van der Waals surface area contributed by atoms with Crippen molar-refractivity contribution < 1.29 is 14.3 Å². The van der Waals surface area contributed by atoms with Crippen molar-refractivity contribution in [3.05, 3.63) is 77.6 Å². The predicted octanol–water partition coefficient (Wildman–Crippen LogP) is 5.06. The number of halogens is 1. The van der Waals surface area contributed by atoms with Crippen molar-refractivity contribution >= 4 is 40.2 Å². The van der Waals surface area contributed by atoms with Gasteiger partial charge in [0, 0.05) is 28.7 Å². The Balaban J connectivity index is 1.45. The number of anilines is 1. The lowest BCUT2D eigenvalue weighted by Crippen LogP contribution is -2.43. The van der Waals surface area contributed by atoms with Crippen LogP contribution in [-0.2, 0) is 11.2 Å². The lowest BCUT2D eigenvalue weighted by molar-refractivity contribution is -0.126. The van der Waals surface area contributed by atoms with Crippen LogP contribution in [0.3, 0.4) is 0 Å². The summed E-state index contributed by atoms with van der Waals surface area (Å²) >= 11 is 7.33. The normalized spacial score (nSPS) is 14.6. The molecular formula is C24H22ClN3O3S. The molecule has 6 nitrogen and oxygen atoms in total. The molecule has 2 amide bonds. The summed E-state index contributed by atoms with van der Waals surface area (Å²) in [6, 6.07) is 16.4. The van der Waals surface area contributed by atoms with Crippen LogP contribution in [0.1, 0.15) is 12.0 Å². The van der Waals surface area contributed by atoms with E-state index in [-0.39, 0.29) is 29.5 Å². The van der Waals surface area contributed by atoms with Crippen molar-refractivity contribution in [2.45, 2.75) is 18.9 Å². The van der Waals surface area contributed by atoms with Crippen LogP contribution in [0.25, 0.3) is 11.1 Å².